The summed E-state index contributed by atoms with van der Waals surface area (Å²) in [4.78, 5) is 4.19. The van der Waals surface area contributed by atoms with Crippen LogP contribution in [0, 0.1) is 11.6 Å². The molecule has 106 valence electrons. The van der Waals surface area contributed by atoms with Crippen LogP contribution in [-0.2, 0) is 0 Å². The van der Waals surface area contributed by atoms with Crippen LogP contribution in [0.4, 0.5) is 26.2 Å². The molecular formula is C13H15F2N5. The number of benzene rings is 1. The lowest BCUT2D eigenvalue weighted by Gasteiger charge is -2.20. The van der Waals surface area contributed by atoms with Crippen LogP contribution in [0.1, 0.15) is 20.8 Å². The Hall–Kier alpha value is -2.31. The third-order valence-electron chi connectivity index (χ3n) is 2.24. The Kier molecular flexibility index (Phi) is 3.78. The van der Waals surface area contributed by atoms with E-state index < -0.39 is 11.6 Å². The summed E-state index contributed by atoms with van der Waals surface area (Å²) in [5.74, 6) is -1.08. The molecule has 0 spiro atoms. The average Bonchev–Trinajstić information content (AvgIpc) is 2.32. The van der Waals surface area contributed by atoms with Crippen LogP contribution >= 0.6 is 0 Å². The summed E-state index contributed by atoms with van der Waals surface area (Å²) < 4.78 is 25.9. The second-order valence-electron chi connectivity index (χ2n) is 5.29. The van der Waals surface area contributed by atoms with Crippen molar-refractivity contribution in [3.63, 3.8) is 0 Å². The minimum atomic E-state index is -0.926. The van der Waals surface area contributed by atoms with E-state index in [2.05, 4.69) is 25.8 Å². The highest BCUT2D eigenvalue weighted by Crippen LogP contribution is 2.18. The molecular weight excluding hydrogens is 264 g/mol. The van der Waals surface area contributed by atoms with Crippen molar-refractivity contribution in [3.05, 3.63) is 36.0 Å². The molecule has 0 aliphatic carbocycles. The molecule has 0 saturated carbocycles. The first-order valence-corrected chi connectivity index (χ1v) is 6.03. The highest BCUT2D eigenvalue weighted by molar-refractivity contribution is 5.56. The third-order valence-corrected chi connectivity index (χ3v) is 2.24. The third kappa shape index (κ3) is 3.84. The maximum Gasteiger partial charge on any atom is 0.245 e. The largest absolute Gasteiger partial charge is 0.348 e. The standard InChI is InChI=1S/C13H15F2N5/c1-13(2,3)19-12-18-11(7-16-20-12)17-8-4-5-9(14)10(15)6-8/h4-7H,1-3H3,(H2,17,18,19,20). The molecule has 0 atom stereocenters. The number of anilines is 3. The Morgan fingerprint density at radius 1 is 1.10 bits per heavy atom. The van der Waals surface area contributed by atoms with Gasteiger partial charge in [-0.2, -0.15) is 10.1 Å². The summed E-state index contributed by atoms with van der Waals surface area (Å²) in [7, 11) is 0. The van der Waals surface area contributed by atoms with Gasteiger partial charge >= 0.3 is 0 Å². The van der Waals surface area contributed by atoms with Gasteiger partial charge in [0.15, 0.2) is 17.5 Å². The van der Waals surface area contributed by atoms with E-state index in [4.69, 9.17) is 0 Å². The first-order chi connectivity index (χ1) is 9.33. The summed E-state index contributed by atoms with van der Waals surface area (Å²) in [6.45, 7) is 5.89. The number of halogens is 2. The molecule has 7 heteroatoms. The van der Waals surface area contributed by atoms with Gasteiger partial charge in [0.2, 0.25) is 5.95 Å². The first-order valence-electron chi connectivity index (χ1n) is 6.03. The summed E-state index contributed by atoms with van der Waals surface area (Å²) in [5, 5.41) is 13.6. The second-order valence-corrected chi connectivity index (χ2v) is 5.29. The highest BCUT2D eigenvalue weighted by atomic mass is 19.2. The van der Waals surface area contributed by atoms with Crippen LogP contribution in [0.5, 0.6) is 0 Å². The number of rotatable bonds is 3. The van der Waals surface area contributed by atoms with E-state index in [0.717, 1.165) is 12.1 Å². The van der Waals surface area contributed by atoms with Crippen molar-refractivity contribution in [1.29, 1.82) is 0 Å². The van der Waals surface area contributed by atoms with Crippen LogP contribution < -0.4 is 10.6 Å². The number of nitrogens with zero attached hydrogens (tertiary/aromatic N) is 3. The molecule has 1 heterocycles. The van der Waals surface area contributed by atoms with Gasteiger partial charge in [-0.25, -0.2) is 8.78 Å². The van der Waals surface area contributed by atoms with Gasteiger partial charge in [-0.1, -0.05) is 0 Å². The Bertz CT molecular complexity index is 610. The fourth-order valence-electron chi connectivity index (χ4n) is 1.47. The monoisotopic (exact) mass is 279 g/mol. The lowest BCUT2D eigenvalue weighted by molar-refractivity contribution is 0.509. The Morgan fingerprint density at radius 3 is 2.50 bits per heavy atom. The van der Waals surface area contributed by atoms with E-state index in [1.807, 2.05) is 20.8 Å². The SMILES string of the molecule is CC(C)(C)Nc1nncc(Nc2ccc(F)c(F)c2)n1. The first kappa shape index (κ1) is 14.1. The average molecular weight is 279 g/mol. The summed E-state index contributed by atoms with van der Waals surface area (Å²) in [5.41, 5.74) is 0.175. The van der Waals surface area contributed by atoms with Crippen LogP contribution in [0.2, 0.25) is 0 Å². The zero-order chi connectivity index (χ0) is 14.8. The molecule has 0 aliphatic rings. The molecule has 1 aromatic carbocycles. The maximum atomic E-state index is 13.1. The summed E-state index contributed by atoms with van der Waals surface area (Å²) in [6.07, 6.45) is 1.40. The number of nitrogens with one attached hydrogen (secondary N) is 2. The molecule has 0 amide bonds. The van der Waals surface area contributed by atoms with Gasteiger partial charge < -0.3 is 10.6 Å². The predicted molar refractivity (Wildman–Crippen MR) is 72.8 cm³/mol. The molecule has 20 heavy (non-hydrogen) atoms. The molecule has 0 fully saturated rings. The zero-order valence-electron chi connectivity index (χ0n) is 11.4. The number of hydrogen-bond donors (Lipinski definition) is 2. The lowest BCUT2D eigenvalue weighted by atomic mass is 10.1. The van der Waals surface area contributed by atoms with Crippen LogP contribution in [0.25, 0.3) is 0 Å². The number of hydrogen-bond acceptors (Lipinski definition) is 5. The normalized spacial score (nSPS) is 11.2. The Labute approximate surface area is 115 Å². The van der Waals surface area contributed by atoms with Crippen LogP contribution in [0.15, 0.2) is 24.4 Å². The quantitative estimate of drug-likeness (QED) is 0.904. The molecule has 0 unspecified atom stereocenters. The van der Waals surface area contributed by atoms with Gasteiger partial charge in [-0.15, -0.1) is 5.10 Å². The zero-order valence-corrected chi connectivity index (χ0v) is 11.4. The van der Waals surface area contributed by atoms with E-state index in [1.165, 1.54) is 12.3 Å². The molecule has 0 saturated heterocycles. The van der Waals surface area contributed by atoms with Crippen molar-refractivity contribution in [3.8, 4) is 0 Å². The van der Waals surface area contributed by atoms with Crippen LogP contribution in [-0.4, -0.2) is 20.7 Å². The van der Waals surface area contributed by atoms with Crippen LogP contribution in [0.3, 0.4) is 0 Å². The summed E-state index contributed by atoms with van der Waals surface area (Å²) >= 11 is 0. The smallest absolute Gasteiger partial charge is 0.245 e. The lowest BCUT2D eigenvalue weighted by Crippen LogP contribution is -2.27. The van der Waals surface area contributed by atoms with Crippen molar-refractivity contribution in [2.24, 2.45) is 0 Å². The highest BCUT2D eigenvalue weighted by Gasteiger charge is 2.12. The van der Waals surface area contributed by atoms with Crippen molar-refractivity contribution in [1.82, 2.24) is 15.2 Å². The number of aromatic nitrogens is 3. The Morgan fingerprint density at radius 2 is 1.85 bits per heavy atom. The molecule has 2 N–H and O–H groups in total. The molecule has 0 radical (unpaired) electrons. The molecule has 2 rings (SSSR count). The molecule has 0 aliphatic heterocycles. The molecule has 5 nitrogen and oxygen atoms in total. The van der Waals surface area contributed by atoms with E-state index >= 15 is 0 Å². The van der Waals surface area contributed by atoms with Gasteiger partial charge in [0, 0.05) is 17.3 Å². The minimum absolute atomic E-state index is 0.206. The molecule has 2 aromatic rings. The topological polar surface area (TPSA) is 62.7 Å². The predicted octanol–water partition coefficient (Wildman–Crippen LogP) is 3.10. The van der Waals surface area contributed by atoms with Crippen molar-refractivity contribution in [2.75, 3.05) is 10.6 Å². The maximum absolute atomic E-state index is 13.1. The van der Waals surface area contributed by atoms with Gasteiger partial charge in [0.05, 0.1) is 6.20 Å². The molecule has 0 bridgehead atoms. The van der Waals surface area contributed by atoms with Gasteiger partial charge in [-0.3, -0.25) is 0 Å². The van der Waals surface area contributed by atoms with Crippen molar-refractivity contribution >= 4 is 17.5 Å². The van der Waals surface area contributed by atoms with Gasteiger partial charge in [0.1, 0.15) is 0 Å². The van der Waals surface area contributed by atoms with E-state index in [0.29, 0.717) is 17.5 Å². The van der Waals surface area contributed by atoms with Crippen molar-refractivity contribution < 1.29 is 8.78 Å². The molecule has 1 aromatic heterocycles. The minimum Gasteiger partial charge on any atom is -0.348 e. The van der Waals surface area contributed by atoms with Crippen molar-refractivity contribution in [2.45, 2.75) is 26.3 Å². The van der Waals surface area contributed by atoms with Gasteiger partial charge in [0.25, 0.3) is 0 Å². The van der Waals surface area contributed by atoms with E-state index in [1.54, 1.807) is 0 Å². The Balaban J connectivity index is 2.17. The van der Waals surface area contributed by atoms with E-state index in [9.17, 15) is 8.78 Å². The summed E-state index contributed by atoms with van der Waals surface area (Å²) in [6, 6.07) is 3.51. The fraction of sp³-hybridized carbons (Fsp3) is 0.308. The second kappa shape index (κ2) is 5.36. The van der Waals surface area contributed by atoms with Gasteiger partial charge in [-0.05, 0) is 32.9 Å². The van der Waals surface area contributed by atoms with E-state index in [-0.39, 0.29) is 5.54 Å². The fourth-order valence-corrected chi connectivity index (χ4v) is 1.47.